The average molecular weight is 336 g/mol. The number of hydrogen-bond acceptors (Lipinski definition) is 3. The molecule has 0 radical (unpaired) electrons. The van der Waals surface area contributed by atoms with Crippen molar-refractivity contribution in [3.8, 4) is 0 Å². The predicted octanol–water partition coefficient (Wildman–Crippen LogP) is 1.50. The second kappa shape index (κ2) is 7.72. The van der Waals surface area contributed by atoms with Crippen LogP contribution in [-0.4, -0.2) is 71.9 Å². The van der Waals surface area contributed by atoms with Gasteiger partial charge in [-0.2, -0.15) is 0 Å². The van der Waals surface area contributed by atoms with Crippen molar-refractivity contribution in [3.05, 3.63) is 0 Å². The van der Waals surface area contributed by atoms with Crippen LogP contribution in [-0.2, 0) is 4.79 Å². The third-order valence-corrected chi connectivity index (χ3v) is 6.02. The molecule has 3 amide bonds. The Morgan fingerprint density at radius 1 is 0.958 bits per heavy atom. The molecule has 2 unspecified atom stereocenters. The van der Waals surface area contributed by atoms with E-state index in [0.717, 1.165) is 58.2 Å². The zero-order valence-corrected chi connectivity index (χ0v) is 15.0. The van der Waals surface area contributed by atoms with Crippen LogP contribution < -0.4 is 5.73 Å². The van der Waals surface area contributed by atoms with Crippen molar-refractivity contribution < 1.29 is 9.59 Å². The summed E-state index contributed by atoms with van der Waals surface area (Å²) < 4.78 is 0. The summed E-state index contributed by atoms with van der Waals surface area (Å²) in [6.07, 6.45) is 5.93. The maximum absolute atomic E-state index is 12.9. The Balaban J connectivity index is 1.52. The van der Waals surface area contributed by atoms with Crippen molar-refractivity contribution in [1.29, 1.82) is 0 Å². The molecule has 6 nitrogen and oxygen atoms in total. The van der Waals surface area contributed by atoms with Gasteiger partial charge in [-0.1, -0.05) is 6.92 Å². The quantitative estimate of drug-likeness (QED) is 0.831. The maximum Gasteiger partial charge on any atom is 0.319 e. The van der Waals surface area contributed by atoms with Gasteiger partial charge in [0.15, 0.2) is 0 Å². The normalized spacial score (nSPS) is 29.2. The van der Waals surface area contributed by atoms with Gasteiger partial charge in [0.25, 0.3) is 0 Å². The van der Waals surface area contributed by atoms with Gasteiger partial charge in [0, 0.05) is 51.2 Å². The van der Waals surface area contributed by atoms with Gasteiger partial charge < -0.3 is 20.4 Å². The monoisotopic (exact) mass is 336 g/mol. The SMILES string of the molecule is CC1CCN(C(=O)C2CCN(C(=O)N3CCCC3)CC2)C(CN)C1. The van der Waals surface area contributed by atoms with E-state index in [1.165, 1.54) is 0 Å². The lowest BCUT2D eigenvalue weighted by Gasteiger charge is -2.41. The first-order valence-corrected chi connectivity index (χ1v) is 9.64. The van der Waals surface area contributed by atoms with Crippen LogP contribution in [0.1, 0.15) is 45.4 Å². The molecule has 3 aliphatic heterocycles. The number of piperidine rings is 2. The molecule has 3 rings (SSSR count). The van der Waals surface area contributed by atoms with Crippen LogP contribution in [0.15, 0.2) is 0 Å². The molecule has 2 N–H and O–H groups in total. The number of likely N-dealkylation sites (tertiary alicyclic amines) is 3. The van der Waals surface area contributed by atoms with Crippen molar-refractivity contribution >= 4 is 11.9 Å². The van der Waals surface area contributed by atoms with Gasteiger partial charge in [0.2, 0.25) is 5.91 Å². The molecule has 3 aliphatic rings. The number of urea groups is 1. The molecule has 136 valence electrons. The number of carbonyl (C=O) groups excluding carboxylic acids is 2. The fourth-order valence-corrected chi connectivity index (χ4v) is 4.43. The average Bonchev–Trinajstić information content (AvgIpc) is 3.15. The molecule has 2 atom stereocenters. The molecule has 3 saturated heterocycles. The maximum atomic E-state index is 12.9. The molecule has 6 heteroatoms. The Morgan fingerprint density at radius 3 is 2.21 bits per heavy atom. The van der Waals surface area contributed by atoms with Crippen LogP contribution >= 0.6 is 0 Å². The molecule has 0 aromatic carbocycles. The summed E-state index contributed by atoms with van der Waals surface area (Å²) in [5.74, 6) is 0.989. The Morgan fingerprint density at radius 2 is 1.58 bits per heavy atom. The first-order chi connectivity index (χ1) is 11.6. The van der Waals surface area contributed by atoms with Crippen LogP contribution in [0.3, 0.4) is 0 Å². The van der Waals surface area contributed by atoms with E-state index in [9.17, 15) is 9.59 Å². The van der Waals surface area contributed by atoms with E-state index < -0.39 is 0 Å². The summed E-state index contributed by atoms with van der Waals surface area (Å²) >= 11 is 0. The van der Waals surface area contributed by atoms with E-state index in [4.69, 9.17) is 5.73 Å². The predicted molar refractivity (Wildman–Crippen MR) is 93.5 cm³/mol. The number of hydrogen-bond donors (Lipinski definition) is 1. The van der Waals surface area contributed by atoms with E-state index >= 15 is 0 Å². The van der Waals surface area contributed by atoms with Crippen molar-refractivity contribution in [1.82, 2.24) is 14.7 Å². The van der Waals surface area contributed by atoms with Gasteiger partial charge in [-0.25, -0.2) is 4.79 Å². The van der Waals surface area contributed by atoms with Crippen LogP contribution in [0.2, 0.25) is 0 Å². The lowest BCUT2D eigenvalue weighted by molar-refractivity contribution is -0.141. The molecule has 0 aromatic heterocycles. The van der Waals surface area contributed by atoms with E-state index in [1.807, 2.05) is 14.7 Å². The largest absolute Gasteiger partial charge is 0.338 e. The Hall–Kier alpha value is -1.30. The zero-order chi connectivity index (χ0) is 17.1. The molecule has 0 bridgehead atoms. The highest BCUT2D eigenvalue weighted by Crippen LogP contribution is 2.27. The molecule has 0 spiro atoms. The molecule has 0 saturated carbocycles. The van der Waals surface area contributed by atoms with Crippen LogP contribution in [0.4, 0.5) is 4.79 Å². The van der Waals surface area contributed by atoms with Gasteiger partial charge in [0.05, 0.1) is 0 Å². The summed E-state index contributed by atoms with van der Waals surface area (Å²) in [7, 11) is 0. The number of nitrogens with zero attached hydrogens (tertiary/aromatic N) is 3. The number of rotatable bonds is 2. The van der Waals surface area contributed by atoms with Gasteiger partial charge in [0.1, 0.15) is 0 Å². The Bertz CT molecular complexity index is 456. The topological polar surface area (TPSA) is 69.9 Å². The van der Waals surface area contributed by atoms with E-state index in [-0.39, 0.29) is 23.9 Å². The first kappa shape index (κ1) is 17.5. The van der Waals surface area contributed by atoms with Gasteiger partial charge in [-0.15, -0.1) is 0 Å². The summed E-state index contributed by atoms with van der Waals surface area (Å²) in [5, 5.41) is 0. The van der Waals surface area contributed by atoms with Crippen molar-refractivity contribution in [2.75, 3.05) is 39.3 Å². The van der Waals surface area contributed by atoms with E-state index in [2.05, 4.69) is 6.92 Å². The van der Waals surface area contributed by atoms with Crippen molar-refractivity contribution in [2.45, 2.75) is 51.5 Å². The second-order valence-electron chi connectivity index (χ2n) is 7.79. The third kappa shape index (κ3) is 3.68. The Labute approximate surface area is 145 Å². The fraction of sp³-hybridized carbons (Fsp3) is 0.889. The molecule has 0 aliphatic carbocycles. The third-order valence-electron chi connectivity index (χ3n) is 6.02. The number of carbonyl (C=O) groups is 2. The van der Waals surface area contributed by atoms with Crippen LogP contribution in [0.25, 0.3) is 0 Å². The zero-order valence-electron chi connectivity index (χ0n) is 15.0. The number of amides is 3. The smallest absolute Gasteiger partial charge is 0.319 e. The fourth-order valence-electron chi connectivity index (χ4n) is 4.43. The van der Waals surface area contributed by atoms with Crippen LogP contribution in [0.5, 0.6) is 0 Å². The lowest BCUT2D eigenvalue weighted by Crippen LogP contribution is -2.53. The molecular formula is C18H32N4O2. The lowest BCUT2D eigenvalue weighted by atomic mass is 9.89. The minimum absolute atomic E-state index is 0.0649. The van der Waals surface area contributed by atoms with Gasteiger partial charge in [-0.05, 0) is 44.4 Å². The highest BCUT2D eigenvalue weighted by molar-refractivity contribution is 5.80. The van der Waals surface area contributed by atoms with E-state index in [0.29, 0.717) is 25.6 Å². The summed E-state index contributed by atoms with van der Waals surface area (Å²) in [4.78, 5) is 31.3. The van der Waals surface area contributed by atoms with E-state index in [1.54, 1.807) is 0 Å². The van der Waals surface area contributed by atoms with Gasteiger partial charge >= 0.3 is 6.03 Å². The minimum atomic E-state index is 0.0649. The highest BCUT2D eigenvalue weighted by Gasteiger charge is 2.36. The van der Waals surface area contributed by atoms with Crippen LogP contribution in [0, 0.1) is 11.8 Å². The summed E-state index contributed by atoms with van der Waals surface area (Å²) in [5.41, 5.74) is 5.90. The summed E-state index contributed by atoms with van der Waals surface area (Å²) in [6, 6.07) is 0.371. The highest BCUT2D eigenvalue weighted by atomic mass is 16.2. The van der Waals surface area contributed by atoms with Crippen molar-refractivity contribution in [2.24, 2.45) is 17.6 Å². The second-order valence-corrected chi connectivity index (χ2v) is 7.79. The molecule has 24 heavy (non-hydrogen) atoms. The Kier molecular flexibility index (Phi) is 5.64. The van der Waals surface area contributed by atoms with Gasteiger partial charge in [-0.3, -0.25) is 4.79 Å². The summed E-state index contributed by atoms with van der Waals surface area (Å²) in [6.45, 7) is 6.85. The first-order valence-electron chi connectivity index (χ1n) is 9.64. The van der Waals surface area contributed by atoms with Crippen molar-refractivity contribution in [3.63, 3.8) is 0 Å². The molecule has 0 aromatic rings. The minimum Gasteiger partial charge on any atom is -0.338 e. The molecule has 3 fully saturated rings. The number of nitrogens with two attached hydrogens (primary N) is 1. The molecular weight excluding hydrogens is 304 g/mol. The standard InChI is InChI=1S/C18H32N4O2/c1-14-4-11-22(16(12-14)13-19)17(23)15-5-9-21(10-6-15)18(24)20-7-2-3-8-20/h14-16H,2-13,19H2,1H3. The molecule has 3 heterocycles.